The molecule has 1 aromatic rings. The lowest BCUT2D eigenvalue weighted by Gasteiger charge is -2.35. The second-order valence-corrected chi connectivity index (χ2v) is 7.55. The van der Waals surface area contributed by atoms with Crippen LogP contribution >= 0.6 is 24.0 Å². The number of morpholine rings is 1. The highest BCUT2D eigenvalue weighted by Crippen LogP contribution is 2.27. The summed E-state index contributed by atoms with van der Waals surface area (Å²) in [7, 11) is 3.85. The normalized spacial score (nSPS) is 29.5. The average molecular weight is 474 g/mol. The lowest BCUT2D eigenvalue weighted by molar-refractivity contribution is -0.0454. The number of hydrogen-bond acceptors (Lipinski definition) is 4. The van der Waals surface area contributed by atoms with E-state index in [4.69, 9.17) is 4.74 Å². The first-order valence-corrected chi connectivity index (χ1v) is 9.52. The molecule has 3 unspecified atom stereocenters. The summed E-state index contributed by atoms with van der Waals surface area (Å²) in [4.78, 5) is 9.45. The van der Waals surface area contributed by atoms with Gasteiger partial charge in [-0.05, 0) is 31.4 Å². The Hall–Kier alpha value is -0.870. The minimum atomic E-state index is 0. The molecule has 3 atom stereocenters. The van der Waals surface area contributed by atoms with Crippen molar-refractivity contribution in [2.45, 2.75) is 37.3 Å². The number of aromatic nitrogens is 2. The summed E-state index contributed by atoms with van der Waals surface area (Å²) in [6.45, 7) is 6.05. The van der Waals surface area contributed by atoms with Gasteiger partial charge in [0.05, 0.1) is 18.9 Å². The van der Waals surface area contributed by atoms with E-state index in [2.05, 4.69) is 31.4 Å². The van der Waals surface area contributed by atoms with Crippen molar-refractivity contribution >= 4 is 29.9 Å². The minimum absolute atomic E-state index is 0. The van der Waals surface area contributed by atoms with Gasteiger partial charge in [-0.2, -0.15) is 5.10 Å². The molecule has 0 bridgehead atoms. The first-order chi connectivity index (χ1) is 12.2. The molecular formula is C18H31IN6O. The summed E-state index contributed by atoms with van der Waals surface area (Å²) in [5.41, 5.74) is 1.33. The summed E-state index contributed by atoms with van der Waals surface area (Å²) in [6.07, 6.45) is 8.16. The fourth-order valence-corrected chi connectivity index (χ4v) is 4.42. The molecule has 1 N–H and O–H groups in total. The zero-order chi connectivity index (χ0) is 17.2. The Morgan fingerprint density at radius 1 is 1.35 bits per heavy atom. The molecule has 8 heteroatoms. The number of aliphatic imine (C=N–C) groups is 1. The second kappa shape index (κ2) is 8.88. The van der Waals surface area contributed by atoms with Crippen molar-refractivity contribution in [1.29, 1.82) is 0 Å². The van der Waals surface area contributed by atoms with Crippen molar-refractivity contribution in [1.82, 2.24) is 24.9 Å². The fourth-order valence-electron chi connectivity index (χ4n) is 4.42. The van der Waals surface area contributed by atoms with Crippen LogP contribution in [0, 0.1) is 0 Å². The number of hydrogen-bond donors (Lipinski definition) is 1. The Morgan fingerprint density at radius 2 is 2.23 bits per heavy atom. The molecule has 3 aliphatic rings. The molecule has 4 rings (SSSR count). The third kappa shape index (κ3) is 4.33. The molecular weight excluding hydrogens is 443 g/mol. The molecule has 26 heavy (non-hydrogen) atoms. The molecule has 3 saturated heterocycles. The topological polar surface area (TPSA) is 57.9 Å². The maximum absolute atomic E-state index is 6.05. The average Bonchev–Trinajstić information content (AvgIpc) is 3.34. The van der Waals surface area contributed by atoms with Crippen molar-refractivity contribution in [2.24, 2.45) is 12.0 Å². The molecule has 3 fully saturated rings. The monoisotopic (exact) mass is 474 g/mol. The van der Waals surface area contributed by atoms with Crippen molar-refractivity contribution in [3.8, 4) is 0 Å². The molecule has 0 radical (unpaired) electrons. The molecule has 0 saturated carbocycles. The molecule has 0 amide bonds. The highest BCUT2D eigenvalue weighted by molar-refractivity contribution is 14.0. The number of nitrogens with zero attached hydrogens (tertiary/aromatic N) is 5. The van der Waals surface area contributed by atoms with E-state index in [0.29, 0.717) is 12.0 Å². The molecule has 4 heterocycles. The molecule has 0 aromatic carbocycles. The van der Waals surface area contributed by atoms with E-state index < -0.39 is 0 Å². The van der Waals surface area contributed by atoms with Crippen LogP contribution in [0.4, 0.5) is 0 Å². The van der Waals surface area contributed by atoms with Crippen molar-refractivity contribution in [3.63, 3.8) is 0 Å². The summed E-state index contributed by atoms with van der Waals surface area (Å²) in [5.74, 6) is 1.54. The number of fused-ring (bicyclic) bond motifs is 1. The van der Waals surface area contributed by atoms with Gasteiger partial charge in [0, 0.05) is 58.4 Å². The number of guanidine groups is 1. The Balaban J connectivity index is 0.00000196. The van der Waals surface area contributed by atoms with Crippen LogP contribution in [-0.2, 0) is 11.8 Å². The quantitative estimate of drug-likeness (QED) is 0.406. The first-order valence-electron chi connectivity index (χ1n) is 9.52. The molecule has 7 nitrogen and oxygen atoms in total. The van der Waals surface area contributed by atoms with Gasteiger partial charge in [0.1, 0.15) is 0 Å². The van der Waals surface area contributed by atoms with Gasteiger partial charge in [-0.25, -0.2) is 0 Å². The standard InChI is InChI=1S/C18H30N6O.HI/c1-19-18(20-9-17-12-23-6-3-4-16(23)13-25-17)24-7-5-14(11-24)15-8-21-22(2)10-15;/h8,10,14,16-17H,3-7,9,11-13H2,1-2H3,(H,19,20);1H. The molecule has 3 aliphatic heterocycles. The second-order valence-electron chi connectivity index (χ2n) is 7.55. The van der Waals surface area contributed by atoms with Crippen molar-refractivity contribution in [2.75, 3.05) is 46.4 Å². The van der Waals surface area contributed by atoms with Crippen LogP contribution in [0.3, 0.4) is 0 Å². The Labute approximate surface area is 173 Å². The number of rotatable bonds is 3. The maximum Gasteiger partial charge on any atom is 0.193 e. The van der Waals surface area contributed by atoms with Crippen molar-refractivity contribution in [3.05, 3.63) is 18.0 Å². The van der Waals surface area contributed by atoms with Gasteiger partial charge in [-0.15, -0.1) is 24.0 Å². The number of halogens is 1. The summed E-state index contributed by atoms with van der Waals surface area (Å²) >= 11 is 0. The van der Waals surface area contributed by atoms with E-state index in [1.807, 2.05) is 25.0 Å². The minimum Gasteiger partial charge on any atom is -0.373 e. The number of nitrogens with one attached hydrogen (secondary N) is 1. The molecule has 0 spiro atoms. The van der Waals surface area contributed by atoms with E-state index in [-0.39, 0.29) is 30.1 Å². The Morgan fingerprint density at radius 3 is 3.00 bits per heavy atom. The smallest absolute Gasteiger partial charge is 0.193 e. The van der Waals surface area contributed by atoms with Crippen molar-refractivity contribution < 1.29 is 4.74 Å². The lowest BCUT2D eigenvalue weighted by atomic mass is 10.0. The van der Waals surface area contributed by atoms with Gasteiger partial charge in [-0.3, -0.25) is 14.6 Å². The van der Waals surface area contributed by atoms with Crippen LogP contribution in [0.15, 0.2) is 17.4 Å². The van der Waals surface area contributed by atoms with Crippen LogP contribution in [0.2, 0.25) is 0 Å². The summed E-state index contributed by atoms with van der Waals surface area (Å²) in [6, 6.07) is 0.661. The van der Waals surface area contributed by atoms with E-state index in [1.165, 1.54) is 24.9 Å². The van der Waals surface area contributed by atoms with Crippen LogP contribution in [0.25, 0.3) is 0 Å². The predicted octanol–water partition coefficient (Wildman–Crippen LogP) is 1.27. The summed E-state index contributed by atoms with van der Waals surface area (Å²) in [5, 5.41) is 7.85. The van der Waals surface area contributed by atoms with Gasteiger partial charge in [0.25, 0.3) is 0 Å². The van der Waals surface area contributed by atoms with Crippen LogP contribution in [0.5, 0.6) is 0 Å². The number of ether oxygens (including phenoxy) is 1. The lowest BCUT2D eigenvalue weighted by Crippen LogP contribution is -2.51. The Kier molecular flexibility index (Phi) is 6.79. The third-order valence-electron chi connectivity index (χ3n) is 5.85. The largest absolute Gasteiger partial charge is 0.373 e. The van der Waals surface area contributed by atoms with Crippen LogP contribution < -0.4 is 5.32 Å². The zero-order valence-electron chi connectivity index (χ0n) is 15.8. The van der Waals surface area contributed by atoms with Gasteiger partial charge in [0.15, 0.2) is 5.96 Å². The van der Waals surface area contributed by atoms with E-state index in [9.17, 15) is 0 Å². The molecule has 146 valence electrons. The molecule has 1 aromatic heterocycles. The van der Waals surface area contributed by atoms with Gasteiger partial charge in [-0.1, -0.05) is 0 Å². The zero-order valence-corrected chi connectivity index (χ0v) is 18.1. The number of likely N-dealkylation sites (tertiary alicyclic amines) is 1. The van der Waals surface area contributed by atoms with Gasteiger partial charge >= 0.3 is 0 Å². The van der Waals surface area contributed by atoms with Crippen LogP contribution in [-0.4, -0.2) is 84.1 Å². The van der Waals surface area contributed by atoms with E-state index >= 15 is 0 Å². The SMILES string of the molecule is CN=C(NCC1CN2CCCC2CO1)N1CCC(c2cnn(C)c2)C1.I. The van der Waals surface area contributed by atoms with E-state index in [1.54, 1.807) is 0 Å². The van der Waals surface area contributed by atoms with E-state index in [0.717, 1.165) is 45.2 Å². The predicted molar refractivity (Wildman–Crippen MR) is 113 cm³/mol. The van der Waals surface area contributed by atoms with Crippen LogP contribution in [0.1, 0.15) is 30.7 Å². The Bertz CT molecular complexity index is 621. The maximum atomic E-state index is 6.05. The molecule has 0 aliphatic carbocycles. The summed E-state index contributed by atoms with van der Waals surface area (Å²) < 4.78 is 7.94. The third-order valence-corrected chi connectivity index (χ3v) is 5.85. The fraction of sp³-hybridized carbons (Fsp3) is 0.778. The number of aryl methyl sites for hydroxylation is 1. The highest BCUT2D eigenvalue weighted by atomic mass is 127. The van der Waals surface area contributed by atoms with Gasteiger partial charge < -0.3 is 15.0 Å². The highest BCUT2D eigenvalue weighted by Gasteiger charge is 2.33. The first kappa shape index (κ1) is 19.9. The van der Waals surface area contributed by atoms with Gasteiger partial charge in [0.2, 0.25) is 0 Å².